The normalized spacial score (nSPS) is 9.62. The number of nitrogens with zero attached hydrogens (tertiary/aromatic N) is 1. The summed E-state index contributed by atoms with van der Waals surface area (Å²) in [6.07, 6.45) is 0. The van der Waals surface area contributed by atoms with Crippen molar-refractivity contribution in [3.8, 4) is 11.8 Å². The number of rotatable bonds is 3. The Morgan fingerprint density at radius 2 is 1.90 bits per heavy atom. The lowest BCUT2D eigenvalue weighted by atomic mass is 10.1. The Morgan fingerprint density at radius 3 is 2.62 bits per heavy atom. The summed E-state index contributed by atoms with van der Waals surface area (Å²) < 4.78 is 0. The summed E-state index contributed by atoms with van der Waals surface area (Å²) in [6, 6.07) is 17.0. The van der Waals surface area contributed by atoms with E-state index in [-0.39, 0.29) is 12.5 Å². The average molecular weight is 279 g/mol. The molecule has 21 heavy (non-hydrogen) atoms. The van der Waals surface area contributed by atoms with E-state index in [0.29, 0.717) is 12.1 Å². The quantitative estimate of drug-likeness (QED) is 0.876. The van der Waals surface area contributed by atoms with Crippen molar-refractivity contribution in [2.24, 2.45) is 0 Å². The number of carbonyl (C=O) groups excluding carboxylic acids is 1. The van der Waals surface area contributed by atoms with Gasteiger partial charge < -0.3 is 10.0 Å². The molecule has 0 fully saturated rings. The molecule has 0 aliphatic carbocycles. The van der Waals surface area contributed by atoms with Crippen molar-refractivity contribution < 1.29 is 9.90 Å². The largest absolute Gasteiger partial charge is 0.384 e. The standard InChI is InChI=1S/C18H17NO2/c1-19(14-16-7-3-2-4-8-16)18(21)17-11-5-9-15(13-17)10-6-12-20/h2-5,7-9,11,13,20H,12,14H2,1H3. The Bertz CT molecular complexity index is 668. The zero-order valence-corrected chi connectivity index (χ0v) is 11.9. The third kappa shape index (κ3) is 4.20. The molecule has 2 rings (SSSR count). The molecular weight excluding hydrogens is 262 g/mol. The van der Waals surface area contributed by atoms with Crippen LogP contribution < -0.4 is 0 Å². The van der Waals surface area contributed by atoms with Crippen LogP contribution in [0.15, 0.2) is 54.6 Å². The predicted octanol–water partition coefficient (Wildman–Crippen LogP) is 2.30. The Labute approximate surface area is 124 Å². The molecule has 0 radical (unpaired) electrons. The smallest absolute Gasteiger partial charge is 0.253 e. The minimum Gasteiger partial charge on any atom is -0.384 e. The number of amides is 1. The molecule has 1 amide bonds. The van der Waals surface area contributed by atoms with E-state index in [1.54, 1.807) is 30.1 Å². The second-order valence-corrected chi connectivity index (χ2v) is 4.69. The van der Waals surface area contributed by atoms with E-state index in [0.717, 1.165) is 11.1 Å². The summed E-state index contributed by atoms with van der Waals surface area (Å²) in [7, 11) is 1.78. The van der Waals surface area contributed by atoms with Gasteiger partial charge in [0.1, 0.15) is 6.61 Å². The average Bonchev–Trinajstić information content (AvgIpc) is 2.53. The van der Waals surface area contributed by atoms with Crippen LogP contribution in [0.5, 0.6) is 0 Å². The molecule has 1 N–H and O–H groups in total. The van der Waals surface area contributed by atoms with Crippen molar-refractivity contribution in [3.63, 3.8) is 0 Å². The topological polar surface area (TPSA) is 40.5 Å². The van der Waals surface area contributed by atoms with Gasteiger partial charge in [0.05, 0.1) is 0 Å². The first-order valence-electron chi connectivity index (χ1n) is 6.70. The molecule has 0 saturated heterocycles. The minimum absolute atomic E-state index is 0.0495. The summed E-state index contributed by atoms with van der Waals surface area (Å²) in [5.41, 5.74) is 2.41. The number of benzene rings is 2. The van der Waals surface area contributed by atoms with E-state index in [4.69, 9.17) is 5.11 Å². The van der Waals surface area contributed by atoms with Crippen LogP contribution in [0.4, 0.5) is 0 Å². The molecule has 0 atom stereocenters. The second kappa shape index (κ2) is 7.28. The van der Waals surface area contributed by atoms with Gasteiger partial charge in [-0.3, -0.25) is 4.79 Å². The van der Waals surface area contributed by atoms with Gasteiger partial charge in [-0.15, -0.1) is 0 Å². The predicted molar refractivity (Wildman–Crippen MR) is 82.6 cm³/mol. The van der Waals surface area contributed by atoms with Crippen LogP contribution in [0.3, 0.4) is 0 Å². The van der Waals surface area contributed by atoms with Crippen molar-refractivity contribution in [3.05, 3.63) is 71.3 Å². The number of aliphatic hydroxyl groups is 1. The molecule has 0 aromatic heterocycles. The van der Waals surface area contributed by atoms with Crippen LogP contribution >= 0.6 is 0 Å². The molecule has 0 aliphatic heterocycles. The van der Waals surface area contributed by atoms with E-state index in [9.17, 15) is 4.79 Å². The van der Waals surface area contributed by atoms with Crippen molar-refractivity contribution in [2.45, 2.75) is 6.54 Å². The van der Waals surface area contributed by atoms with E-state index in [1.165, 1.54) is 0 Å². The zero-order valence-electron chi connectivity index (χ0n) is 11.9. The maximum Gasteiger partial charge on any atom is 0.253 e. The first-order chi connectivity index (χ1) is 10.2. The number of carbonyl (C=O) groups is 1. The highest BCUT2D eigenvalue weighted by atomic mass is 16.2. The van der Waals surface area contributed by atoms with Gasteiger partial charge in [0.25, 0.3) is 5.91 Å². The molecular formula is C18H17NO2. The van der Waals surface area contributed by atoms with E-state index in [1.807, 2.05) is 36.4 Å². The molecule has 2 aromatic rings. The van der Waals surface area contributed by atoms with Gasteiger partial charge in [-0.25, -0.2) is 0 Å². The Morgan fingerprint density at radius 1 is 1.14 bits per heavy atom. The Balaban J connectivity index is 2.12. The van der Waals surface area contributed by atoms with Gasteiger partial charge in [-0.2, -0.15) is 0 Å². The monoisotopic (exact) mass is 279 g/mol. The van der Waals surface area contributed by atoms with E-state index < -0.39 is 0 Å². The lowest BCUT2D eigenvalue weighted by molar-refractivity contribution is 0.0785. The van der Waals surface area contributed by atoms with Gasteiger partial charge in [-0.05, 0) is 23.8 Å². The van der Waals surface area contributed by atoms with Crippen LogP contribution in [0, 0.1) is 11.8 Å². The summed E-state index contributed by atoms with van der Waals surface area (Å²) in [6.45, 7) is 0.373. The summed E-state index contributed by atoms with van der Waals surface area (Å²) in [5.74, 6) is 5.34. The van der Waals surface area contributed by atoms with Crippen molar-refractivity contribution in [1.82, 2.24) is 4.90 Å². The molecule has 0 aliphatic rings. The molecule has 3 heteroatoms. The highest BCUT2D eigenvalue weighted by Crippen LogP contribution is 2.10. The number of aliphatic hydroxyl groups excluding tert-OH is 1. The highest BCUT2D eigenvalue weighted by Gasteiger charge is 2.12. The molecule has 0 heterocycles. The number of hydrogen-bond acceptors (Lipinski definition) is 2. The van der Waals surface area contributed by atoms with Crippen LogP contribution in [0.1, 0.15) is 21.5 Å². The highest BCUT2D eigenvalue weighted by molar-refractivity contribution is 5.94. The molecule has 106 valence electrons. The Hall–Kier alpha value is -2.57. The molecule has 3 nitrogen and oxygen atoms in total. The molecule has 0 saturated carbocycles. The zero-order chi connectivity index (χ0) is 15.1. The fourth-order valence-electron chi connectivity index (χ4n) is 2.02. The fraction of sp³-hybridized carbons (Fsp3) is 0.167. The summed E-state index contributed by atoms with van der Waals surface area (Å²) in [4.78, 5) is 14.1. The first kappa shape index (κ1) is 14.8. The molecule has 0 spiro atoms. The van der Waals surface area contributed by atoms with Crippen LogP contribution in [0.25, 0.3) is 0 Å². The van der Waals surface area contributed by atoms with Crippen molar-refractivity contribution in [2.75, 3.05) is 13.7 Å². The third-order valence-electron chi connectivity index (χ3n) is 3.03. The second-order valence-electron chi connectivity index (χ2n) is 4.69. The summed E-state index contributed by atoms with van der Waals surface area (Å²) >= 11 is 0. The first-order valence-corrected chi connectivity index (χ1v) is 6.70. The number of hydrogen-bond donors (Lipinski definition) is 1. The van der Waals surface area contributed by atoms with E-state index in [2.05, 4.69) is 11.8 Å². The minimum atomic E-state index is -0.188. The summed E-state index contributed by atoms with van der Waals surface area (Å²) in [5, 5.41) is 8.71. The maximum absolute atomic E-state index is 12.4. The molecule has 2 aromatic carbocycles. The van der Waals surface area contributed by atoms with Crippen molar-refractivity contribution in [1.29, 1.82) is 0 Å². The molecule has 0 bridgehead atoms. The lowest BCUT2D eigenvalue weighted by Gasteiger charge is -2.17. The van der Waals surface area contributed by atoms with Gasteiger partial charge in [0.15, 0.2) is 0 Å². The lowest BCUT2D eigenvalue weighted by Crippen LogP contribution is -2.26. The van der Waals surface area contributed by atoms with Gasteiger partial charge in [0, 0.05) is 24.7 Å². The van der Waals surface area contributed by atoms with Gasteiger partial charge in [0.2, 0.25) is 0 Å². The Kier molecular flexibility index (Phi) is 5.14. The van der Waals surface area contributed by atoms with Crippen LogP contribution in [-0.4, -0.2) is 29.6 Å². The fourth-order valence-corrected chi connectivity index (χ4v) is 2.02. The van der Waals surface area contributed by atoms with Gasteiger partial charge in [-0.1, -0.05) is 48.2 Å². The van der Waals surface area contributed by atoms with E-state index >= 15 is 0 Å². The SMILES string of the molecule is CN(Cc1ccccc1)C(=O)c1cccc(C#CCO)c1. The van der Waals surface area contributed by atoms with Gasteiger partial charge >= 0.3 is 0 Å². The maximum atomic E-state index is 12.4. The van der Waals surface area contributed by atoms with Crippen LogP contribution in [-0.2, 0) is 6.54 Å². The molecule has 0 unspecified atom stereocenters. The van der Waals surface area contributed by atoms with Crippen LogP contribution in [0.2, 0.25) is 0 Å². The third-order valence-corrected chi connectivity index (χ3v) is 3.03. The van der Waals surface area contributed by atoms with Crippen molar-refractivity contribution >= 4 is 5.91 Å².